The van der Waals surface area contributed by atoms with Crippen LogP contribution in [0.15, 0.2) is 35.0 Å². The summed E-state index contributed by atoms with van der Waals surface area (Å²) in [5.74, 6) is -0.268. The van der Waals surface area contributed by atoms with Crippen LogP contribution < -0.4 is 10.1 Å². The normalized spacial score (nSPS) is 12.8. The van der Waals surface area contributed by atoms with Crippen molar-refractivity contribution in [1.29, 1.82) is 0 Å². The summed E-state index contributed by atoms with van der Waals surface area (Å²) in [4.78, 5) is 25.1. The van der Waals surface area contributed by atoms with Gasteiger partial charge in [-0.05, 0) is 32.0 Å². The largest absolute Gasteiger partial charge is 0.573 e. The Kier molecular flexibility index (Phi) is 7.12. The number of carbonyl (C=O) groups excluding carboxylic acids is 1. The molecule has 34 heavy (non-hydrogen) atoms. The van der Waals surface area contributed by atoms with Gasteiger partial charge in [-0.2, -0.15) is 9.04 Å². The van der Waals surface area contributed by atoms with Gasteiger partial charge < -0.3 is 10.1 Å². The molecule has 10 nitrogen and oxygen atoms in total. The highest BCUT2D eigenvalue weighted by molar-refractivity contribution is 7.92. The van der Waals surface area contributed by atoms with Gasteiger partial charge in [-0.1, -0.05) is 11.6 Å². The summed E-state index contributed by atoms with van der Waals surface area (Å²) < 4.78 is 58.9. The fourth-order valence-electron chi connectivity index (χ4n) is 2.84. The molecule has 3 rings (SSSR count). The van der Waals surface area contributed by atoms with Crippen LogP contribution in [0.25, 0.3) is 5.82 Å². The molecule has 0 saturated heterocycles. The smallest absolute Gasteiger partial charge is 0.406 e. The minimum Gasteiger partial charge on any atom is -0.406 e. The maximum atomic E-state index is 12.7. The first kappa shape index (κ1) is 25.4. The number of carbonyl (C=O) groups is 1. The molecular weight excluding hydrogens is 499 g/mol. The van der Waals surface area contributed by atoms with E-state index in [1.54, 1.807) is 13.8 Å². The molecule has 182 valence electrons. The third-order valence-electron chi connectivity index (χ3n) is 4.01. The first-order valence-corrected chi connectivity index (χ1v) is 12.2. The van der Waals surface area contributed by atoms with Crippen molar-refractivity contribution in [1.82, 2.24) is 30.0 Å². The van der Waals surface area contributed by atoms with Crippen LogP contribution in [0, 0.1) is 6.92 Å². The van der Waals surface area contributed by atoms with Crippen LogP contribution in [-0.4, -0.2) is 53.7 Å². The van der Waals surface area contributed by atoms with E-state index in [1.807, 2.05) is 0 Å². The Labute approximate surface area is 197 Å². The van der Waals surface area contributed by atoms with Gasteiger partial charge in [0.05, 0.1) is 6.04 Å². The molecule has 2 aromatic heterocycles. The zero-order valence-electron chi connectivity index (χ0n) is 18.3. The number of ether oxygens (including phenoxy) is 1. The van der Waals surface area contributed by atoms with Crippen LogP contribution in [0.1, 0.15) is 35.0 Å². The lowest BCUT2D eigenvalue weighted by atomic mass is 10.2. The molecule has 15 heteroatoms. The van der Waals surface area contributed by atoms with Crippen LogP contribution in [0.3, 0.4) is 0 Å². The van der Waals surface area contributed by atoms with Crippen LogP contribution in [0.4, 0.5) is 19.0 Å². The fourth-order valence-corrected chi connectivity index (χ4v) is 3.61. The first-order chi connectivity index (χ1) is 15.7. The molecule has 1 atom stereocenters. The topological polar surface area (TPSA) is 124 Å². The van der Waals surface area contributed by atoms with Crippen molar-refractivity contribution < 1.29 is 26.9 Å². The average molecular weight is 518 g/mol. The quantitative estimate of drug-likeness (QED) is 0.527. The Morgan fingerprint density at radius 2 is 1.94 bits per heavy atom. The summed E-state index contributed by atoms with van der Waals surface area (Å²) in [6.45, 7) is 3.23. The van der Waals surface area contributed by atoms with E-state index in [0.717, 1.165) is 12.1 Å². The predicted octanol–water partition coefficient (Wildman–Crippen LogP) is 3.77. The molecule has 1 amide bonds. The summed E-state index contributed by atoms with van der Waals surface area (Å²) >= 11 is 5.85. The number of aromatic nitrogens is 5. The predicted molar refractivity (Wildman–Crippen MR) is 118 cm³/mol. The van der Waals surface area contributed by atoms with E-state index in [2.05, 4.69) is 34.5 Å². The van der Waals surface area contributed by atoms with E-state index in [9.17, 15) is 22.2 Å². The third kappa shape index (κ3) is 6.87. The zero-order chi connectivity index (χ0) is 25.3. The molecule has 1 aromatic carbocycles. The number of nitrogens with zero attached hydrogens (tertiary/aromatic N) is 6. The SMILES string of the molecule is Cc1nc([C@H](C)NC(=O)c2cc(Cl)cc(OC(F)(F)F)c2)n(-c2cc(N=S(C)(C)=O)ncn2)n1. The van der Waals surface area contributed by atoms with Gasteiger partial charge in [0.25, 0.3) is 5.91 Å². The van der Waals surface area contributed by atoms with E-state index in [-0.39, 0.29) is 28.0 Å². The van der Waals surface area contributed by atoms with E-state index in [0.29, 0.717) is 5.82 Å². The second-order valence-electron chi connectivity index (χ2n) is 7.35. The summed E-state index contributed by atoms with van der Waals surface area (Å²) in [7, 11) is -2.47. The van der Waals surface area contributed by atoms with E-state index in [4.69, 9.17) is 11.6 Å². The van der Waals surface area contributed by atoms with Gasteiger partial charge in [0.2, 0.25) is 0 Å². The molecule has 0 aliphatic rings. The molecule has 0 unspecified atom stereocenters. The molecule has 0 radical (unpaired) electrons. The third-order valence-corrected chi connectivity index (χ3v) is 4.85. The van der Waals surface area contributed by atoms with Gasteiger partial charge in [0.15, 0.2) is 17.5 Å². The fraction of sp³-hybridized carbons (Fsp3) is 0.316. The van der Waals surface area contributed by atoms with Crippen LogP contribution >= 0.6 is 11.6 Å². The van der Waals surface area contributed by atoms with Crippen molar-refractivity contribution >= 4 is 33.1 Å². The van der Waals surface area contributed by atoms with Crippen molar-refractivity contribution in [2.24, 2.45) is 4.36 Å². The van der Waals surface area contributed by atoms with Crippen LogP contribution in [0.2, 0.25) is 5.02 Å². The molecule has 1 N–H and O–H groups in total. The summed E-state index contributed by atoms with van der Waals surface area (Å²) in [5, 5.41) is 6.80. The molecule has 0 bridgehead atoms. The second kappa shape index (κ2) is 9.54. The van der Waals surface area contributed by atoms with Gasteiger partial charge in [0, 0.05) is 38.9 Å². The molecular formula is C19H19ClF3N7O3S. The number of halogens is 4. The number of hydrogen-bond acceptors (Lipinski definition) is 8. The zero-order valence-corrected chi connectivity index (χ0v) is 19.9. The summed E-state index contributed by atoms with van der Waals surface area (Å²) in [6.07, 6.45) is -0.806. The lowest BCUT2D eigenvalue weighted by Crippen LogP contribution is -2.29. The first-order valence-electron chi connectivity index (χ1n) is 9.50. The Bertz CT molecular complexity index is 1350. The van der Waals surface area contributed by atoms with E-state index in [1.165, 1.54) is 35.7 Å². The number of benzene rings is 1. The molecule has 2 heterocycles. The Morgan fingerprint density at radius 1 is 1.24 bits per heavy atom. The number of alkyl halides is 3. The lowest BCUT2D eigenvalue weighted by Gasteiger charge is -2.15. The van der Waals surface area contributed by atoms with Gasteiger partial charge >= 0.3 is 6.36 Å². The Balaban J connectivity index is 1.89. The standard InChI is InChI=1S/C19H19ClF3N7O3S/c1-10(26-18(31)12-5-13(20)7-14(6-12)33-19(21,22)23)17-27-11(2)28-30(17)16-8-15(24-9-25-16)29-34(3,4)32/h5-10H,1-4H3,(H,26,31)/t10-/m0/s1. The lowest BCUT2D eigenvalue weighted by molar-refractivity contribution is -0.274. The van der Waals surface area contributed by atoms with E-state index >= 15 is 0 Å². The van der Waals surface area contributed by atoms with Crippen molar-refractivity contribution in [3.05, 3.63) is 52.8 Å². The number of amides is 1. The Hall–Kier alpha value is -3.26. The number of nitrogens with one attached hydrogen (secondary N) is 1. The highest BCUT2D eigenvalue weighted by atomic mass is 35.5. The highest BCUT2D eigenvalue weighted by Crippen LogP contribution is 2.27. The molecule has 0 saturated carbocycles. The minimum absolute atomic E-state index is 0.112. The Morgan fingerprint density at radius 3 is 2.59 bits per heavy atom. The highest BCUT2D eigenvalue weighted by Gasteiger charge is 2.31. The van der Waals surface area contributed by atoms with Crippen molar-refractivity contribution in [2.75, 3.05) is 12.5 Å². The monoisotopic (exact) mass is 517 g/mol. The number of aryl methyl sites for hydroxylation is 1. The summed E-state index contributed by atoms with van der Waals surface area (Å²) in [5.41, 5.74) is -0.148. The maximum absolute atomic E-state index is 12.7. The van der Waals surface area contributed by atoms with Crippen molar-refractivity contribution in [3.8, 4) is 11.6 Å². The molecule has 0 fully saturated rings. The number of rotatable bonds is 6. The maximum Gasteiger partial charge on any atom is 0.573 e. The number of hydrogen-bond donors (Lipinski definition) is 1. The average Bonchev–Trinajstić information content (AvgIpc) is 3.07. The van der Waals surface area contributed by atoms with Crippen molar-refractivity contribution in [3.63, 3.8) is 0 Å². The van der Waals surface area contributed by atoms with Gasteiger partial charge in [-0.25, -0.2) is 19.2 Å². The van der Waals surface area contributed by atoms with E-state index < -0.39 is 33.8 Å². The second-order valence-corrected chi connectivity index (χ2v) is 10.3. The minimum atomic E-state index is -4.94. The van der Waals surface area contributed by atoms with Gasteiger partial charge in [-0.15, -0.1) is 18.3 Å². The van der Waals surface area contributed by atoms with Gasteiger partial charge in [-0.3, -0.25) is 4.79 Å². The van der Waals surface area contributed by atoms with Gasteiger partial charge in [0.1, 0.15) is 17.9 Å². The molecule has 0 aliphatic heterocycles. The van der Waals surface area contributed by atoms with Crippen LogP contribution in [-0.2, 0) is 9.73 Å². The van der Waals surface area contributed by atoms with Crippen LogP contribution in [0.5, 0.6) is 5.75 Å². The molecule has 0 spiro atoms. The molecule has 3 aromatic rings. The van der Waals surface area contributed by atoms with Crippen molar-refractivity contribution in [2.45, 2.75) is 26.3 Å². The molecule has 0 aliphatic carbocycles. The summed E-state index contributed by atoms with van der Waals surface area (Å²) in [6, 6.07) is 3.77.